The van der Waals surface area contributed by atoms with E-state index in [0.29, 0.717) is 0 Å². The summed E-state index contributed by atoms with van der Waals surface area (Å²) in [6, 6.07) is 70.0. The summed E-state index contributed by atoms with van der Waals surface area (Å²) in [5.41, 5.74) is 13.4. The molecule has 0 aliphatic rings. The van der Waals surface area contributed by atoms with Gasteiger partial charge in [0.25, 0.3) is 0 Å². The van der Waals surface area contributed by atoms with E-state index < -0.39 is 0 Å². The standard InChI is InChI=1S/C54H31N3S/c1-7-18-48-36(10-1)41-14-9-15-42-39-24-22-35(31-51(39)57(48)54(41)42)56-47-17-6-3-12-38(47)44-29-33(21-26-50(44)56)32-20-25-49-43(28-32)37-11-2-5-16-46(37)55(49)34-23-27-53-45(30-34)40-13-4-8-19-52(40)58-53/h1-31H. The van der Waals surface area contributed by atoms with E-state index in [2.05, 4.69) is 202 Å². The third kappa shape index (κ3) is 3.97. The lowest BCUT2D eigenvalue weighted by molar-refractivity contribution is 1.18. The average molecular weight is 754 g/mol. The minimum Gasteiger partial charge on any atom is -0.309 e. The Morgan fingerprint density at radius 1 is 0.276 bits per heavy atom. The van der Waals surface area contributed by atoms with E-state index in [1.165, 1.54) is 124 Å². The maximum Gasteiger partial charge on any atom is 0.0620 e. The van der Waals surface area contributed by atoms with Gasteiger partial charge >= 0.3 is 0 Å². The highest BCUT2D eigenvalue weighted by Crippen LogP contribution is 2.43. The van der Waals surface area contributed by atoms with Gasteiger partial charge in [0.2, 0.25) is 0 Å². The topological polar surface area (TPSA) is 14.3 Å². The second-order valence-electron chi connectivity index (χ2n) is 15.7. The Morgan fingerprint density at radius 3 is 1.43 bits per heavy atom. The van der Waals surface area contributed by atoms with Crippen molar-refractivity contribution >= 4 is 113 Å². The maximum atomic E-state index is 2.47. The van der Waals surface area contributed by atoms with Gasteiger partial charge in [0.1, 0.15) is 0 Å². The first-order valence-electron chi connectivity index (χ1n) is 19.9. The first-order valence-corrected chi connectivity index (χ1v) is 20.7. The van der Waals surface area contributed by atoms with Crippen LogP contribution in [0, 0.1) is 0 Å². The van der Waals surface area contributed by atoms with Crippen molar-refractivity contribution in [3.05, 3.63) is 188 Å². The van der Waals surface area contributed by atoms with Gasteiger partial charge < -0.3 is 13.5 Å². The predicted octanol–water partition coefficient (Wildman–Crippen LogP) is 15.1. The van der Waals surface area contributed by atoms with Crippen molar-refractivity contribution in [2.75, 3.05) is 0 Å². The molecule has 0 fully saturated rings. The van der Waals surface area contributed by atoms with Crippen LogP contribution in [0.4, 0.5) is 0 Å². The molecule has 0 aliphatic carbocycles. The van der Waals surface area contributed by atoms with Crippen molar-refractivity contribution < 1.29 is 0 Å². The number of rotatable bonds is 3. The molecular weight excluding hydrogens is 723 g/mol. The molecule has 0 atom stereocenters. The first-order chi connectivity index (χ1) is 28.8. The van der Waals surface area contributed by atoms with E-state index in [0.717, 1.165) is 0 Å². The molecule has 14 aromatic rings. The molecule has 0 bridgehead atoms. The number of para-hydroxylation sites is 4. The Morgan fingerprint density at radius 2 is 0.759 bits per heavy atom. The Hall–Kier alpha value is -7.40. The maximum absolute atomic E-state index is 2.47. The van der Waals surface area contributed by atoms with Crippen LogP contribution in [0.1, 0.15) is 0 Å². The number of fused-ring (bicyclic) bond motifs is 15. The van der Waals surface area contributed by atoms with E-state index in [4.69, 9.17) is 0 Å². The molecule has 3 nitrogen and oxygen atoms in total. The smallest absolute Gasteiger partial charge is 0.0620 e. The second-order valence-corrected chi connectivity index (χ2v) is 16.8. The van der Waals surface area contributed by atoms with Crippen LogP contribution in [0.15, 0.2) is 188 Å². The fraction of sp³-hybridized carbons (Fsp3) is 0. The van der Waals surface area contributed by atoms with Crippen molar-refractivity contribution in [2.45, 2.75) is 0 Å². The van der Waals surface area contributed by atoms with Gasteiger partial charge in [-0.05, 0) is 90.0 Å². The van der Waals surface area contributed by atoms with Crippen LogP contribution < -0.4 is 0 Å². The van der Waals surface area contributed by atoms with E-state index in [9.17, 15) is 0 Å². The number of hydrogen-bond acceptors (Lipinski definition) is 1. The normalized spacial score (nSPS) is 12.5. The number of nitrogens with zero attached hydrogens (tertiary/aromatic N) is 3. The Kier molecular flexibility index (Phi) is 5.91. The van der Waals surface area contributed by atoms with Gasteiger partial charge in [-0.2, -0.15) is 0 Å². The van der Waals surface area contributed by atoms with Crippen molar-refractivity contribution in [3.63, 3.8) is 0 Å². The summed E-state index contributed by atoms with van der Waals surface area (Å²) >= 11 is 1.87. The summed E-state index contributed by atoms with van der Waals surface area (Å²) in [7, 11) is 0. The molecule has 0 radical (unpaired) electrons. The van der Waals surface area contributed by atoms with Crippen LogP contribution in [0.25, 0.3) is 124 Å². The zero-order valence-corrected chi connectivity index (χ0v) is 32.0. The predicted molar refractivity (Wildman–Crippen MR) is 248 cm³/mol. The van der Waals surface area contributed by atoms with Crippen LogP contribution in [-0.4, -0.2) is 13.5 Å². The molecule has 4 heteroatoms. The molecule has 0 saturated heterocycles. The Bertz CT molecular complexity index is 4040. The minimum atomic E-state index is 1.17. The molecule has 268 valence electrons. The van der Waals surface area contributed by atoms with Crippen molar-refractivity contribution in [1.82, 2.24) is 13.5 Å². The molecule has 0 aliphatic heterocycles. The second kappa shape index (κ2) is 11.1. The van der Waals surface area contributed by atoms with Gasteiger partial charge in [-0.25, -0.2) is 0 Å². The van der Waals surface area contributed by atoms with Crippen molar-refractivity contribution in [3.8, 4) is 22.5 Å². The monoisotopic (exact) mass is 753 g/mol. The molecule has 9 aromatic carbocycles. The van der Waals surface area contributed by atoms with Gasteiger partial charge in [0, 0.05) is 74.6 Å². The summed E-state index contributed by atoms with van der Waals surface area (Å²) in [5.74, 6) is 0. The van der Waals surface area contributed by atoms with Gasteiger partial charge in [0.05, 0.1) is 38.6 Å². The fourth-order valence-electron chi connectivity index (χ4n) is 10.3. The zero-order valence-electron chi connectivity index (χ0n) is 31.1. The van der Waals surface area contributed by atoms with Crippen LogP contribution >= 0.6 is 11.3 Å². The molecule has 0 unspecified atom stereocenters. The summed E-state index contributed by atoms with van der Waals surface area (Å²) in [5, 5.41) is 12.9. The third-order valence-corrected chi connectivity index (χ3v) is 13.9. The van der Waals surface area contributed by atoms with Crippen LogP contribution in [0.5, 0.6) is 0 Å². The molecule has 5 heterocycles. The SMILES string of the molecule is c1ccc2c(c1)sc1ccc(-n3c4ccccc4c4cc(-c5ccc6c(c5)c5ccccc5n6-c5ccc6c7cccc8c9ccccc9n(c6c5)c87)ccc43)cc12. The molecule has 0 spiro atoms. The van der Waals surface area contributed by atoms with E-state index in [1.807, 2.05) is 11.3 Å². The van der Waals surface area contributed by atoms with E-state index in [-0.39, 0.29) is 0 Å². The molecule has 58 heavy (non-hydrogen) atoms. The number of benzene rings is 9. The number of thiophene rings is 1. The summed E-state index contributed by atoms with van der Waals surface area (Å²) in [6.07, 6.45) is 0. The lowest BCUT2D eigenvalue weighted by Gasteiger charge is -2.10. The Labute approximate surface area is 335 Å². The van der Waals surface area contributed by atoms with Gasteiger partial charge in [-0.15, -0.1) is 11.3 Å². The number of hydrogen-bond donors (Lipinski definition) is 0. The van der Waals surface area contributed by atoms with Crippen LogP contribution in [-0.2, 0) is 0 Å². The highest BCUT2D eigenvalue weighted by Gasteiger charge is 2.20. The van der Waals surface area contributed by atoms with Crippen molar-refractivity contribution in [1.29, 1.82) is 0 Å². The highest BCUT2D eigenvalue weighted by atomic mass is 32.1. The van der Waals surface area contributed by atoms with Gasteiger partial charge in [0.15, 0.2) is 0 Å². The van der Waals surface area contributed by atoms with E-state index >= 15 is 0 Å². The largest absolute Gasteiger partial charge is 0.309 e. The minimum absolute atomic E-state index is 1.17. The molecular formula is C54H31N3S. The first kappa shape index (κ1) is 30.8. The molecule has 0 saturated carbocycles. The van der Waals surface area contributed by atoms with E-state index in [1.54, 1.807) is 0 Å². The lowest BCUT2D eigenvalue weighted by Crippen LogP contribution is -1.94. The van der Waals surface area contributed by atoms with Crippen LogP contribution in [0.3, 0.4) is 0 Å². The van der Waals surface area contributed by atoms with Crippen molar-refractivity contribution in [2.24, 2.45) is 0 Å². The average Bonchev–Trinajstić information content (AvgIpc) is 4.08. The number of aromatic nitrogens is 3. The lowest BCUT2D eigenvalue weighted by atomic mass is 10.0. The molecule has 0 N–H and O–H groups in total. The van der Waals surface area contributed by atoms with Gasteiger partial charge in [-0.3, -0.25) is 0 Å². The summed E-state index contributed by atoms with van der Waals surface area (Å²) in [4.78, 5) is 0. The summed E-state index contributed by atoms with van der Waals surface area (Å²) < 4.78 is 10.0. The molecule has 5 aromatic heterocycles. The fourth-order valence-corrected chi connectivity index (χ4v) is 11.4. The zero-order chi connectivity index (χ0) is 37.6. The highest BCUT2D eigenvalue weighted by molar-refractivity contribution is 7.25. The molecule has 0 amide bonds. The Balaban J connectivity index is 0.949. The molecule has 14 rings (SSSR count). The summed E-state index contributed by atoms with van der Waals surface area (Å²) in [6.45, 7) is 0. The van der Waals surface area contributed by atoms with Gasteiger partial charge in [-0.1, -0.05) is 109 Å². The third-order valence-electron chi connectivity index (χ3n) is 12.8. The quantitative estimate of drug-likeness (QED) is 0.171. The van der Waals surface area contributed by atoms with Crippen LogP contribution in [0.2, 0.25) is 0 Å².